The molecule has 8 heteroatoms. The van der Waals surface area contributed by atoms with Crippen molar-refractivity contribution in [2.24, 2.45) is 4.99 Å². The maximum Gasteiger partial charge on any atom is 0.214 e. The summed E-state index contributed by atoms with van der Waals surface area (Å²) < 4.78 is 5.61. The number of halogens is 1. The second kappa shape index (κ2) is 11.9. The molecule has 3 rings (SSSR count). The molecule has 2 aromatic heterocycles. The quantitative estimate of drug-likeness (QED) is 0.259. The fraction of sp³-hybridized carbons (Fsp3) is 0.381. The molecule has 0 aliphatic carbocycles. The van der Waals surface area contributed by atoms with Gasteiger partial charge in [-0.25, -0.2) is 15.0 Å². The van der Waals surface area contributed by atoms with Gasteiger partial charge in [0, 0.05) is 18.3 Å². The molecule has 0 unspecified atom stereocenters. The van der Waals surface area contributed by atoms with Crippen LogP contribution < -0.4 is 10.6 Å². The van der Waals surface area contributed by atoms with Gasteiger partial charge in [0.25, 0.3) is 0 Å². The van der Waals surface area contributed by atoms with Gasteiger partial charge in [-0.1, -0.05) is 30.3 Å². The molecule has 0 fully saturated rings. The fourth-order valence-electron chi connectivity index (χ4n) is 2.71. The second-order valence-electron chi connectivity index (χ2n) is 6.52. The monoisotopic (exact) mass is 525 g/mol. The van der Waals surface area contributed by atoms with Crippen molar-refractivity contribution < 1.29 is 4.42 Å². The minimum atomic E-state index is 0. The van der Waals surface area contributed by atoms with E-state index in [1.807, 2.05) is 26.8 Å². The number of nitrogens with one attached hydrogen (secondary N) is 2. The molecule has 3 aromatic rings. The molecular weight excluding hydrogens is 497 g/mol. The van der Waals surface area contributed by atoms with Crippen molar-refractivity contribution >= 4 is 41.3 Å². The number of hydrogen-bond donors (Lipinski definition) is 2. The summed E-state index contributed by atoms with van der Waals surface area (Å²) >= 11 is 1.70. The SMILES string of the molecule is CCNC(=NCc1csc(CCc2ccccc2)n1)NCc1nc(C)c(C)o1.I. The van der Waals surface area contributed by atoms with Crippen LogP contribution in [0.25, 0.3) is 0 Å². The normalized spacial score (nSPS) is 11.2. The summed E-state index contributed by atoms with van der Waals surface area (Å²) in [6.45, 7) is 7.73. The van der Waals surface area contributed by atoms with Crippen LogP contribution in [0.5, 0.6) is 0 Å². The van der Waals surface area contributed by atoms with Gasteiger partial charge in [0.05, 0.1) is 29.5 Å². The van der Waals surface area contributed by atoms with Crippen LogP contribution in [0, 0.1) is 13.8 Å². The minimum Gasteiger partial charge on any atom is -0.444 e. The Labute approximate surface area is 193 Å². The van der Waals surface area contributed by atoms with Crippen molar-refractivity contribution in [2.75, 3.05) is 6.54 Å². The van der Waals surface area contributed by atoms with E-state index in [1.165, 1.54) is 5.56 Å². The molecule has 2 heterocycles. The van der Waals surface area contributed by atoms with Crippen LogP contribution in [-0.2, 0) is 25.9 Å². The lowest BCUT2D eigenvalue weighted by Gasteiger charge is -2.09. The lowest BCUT2D eigenvalue weighted by molar-refractivity contribution is 0.463. The summed E-state index contributed by atoms with van der Waals surface area (Å²) in [7, 11) is 0. The highest BCUT2D eigenvalue weighted by Crippen LogP contribution is 2.14. The number of nitrogens with zero attached hydrogens (tertiary/aromatic N) is 3. The van der Waals surface area contributed by atoms with E-state index in [4.69, 9.17) is 9.40 Å². The fourth-order valence-corrected chi connectivity index (χ4v) is 3.50. The third kappa shape index (κ3) is 7.43. The molecule has 0 aliphatic rings. The standard InChI is InChI=1S/C21H27N5OS.HI/c1-4-22-21(24-13-19-25-15(2)16(3)27-19)23-12-18-14-28-20(26-18)11-10-17-8-6-5-7-9-17;/h5-9,14H,4,10-13H2,1-3H3,(H2,22,23,24);1H. The van der Waals surface area contributed by atoms with Gasteiger partial charge in [0.15, 0.2) is 5.96 Å². The Bertz CT molecular complexity index is 887. The largest absolute Gasteiger partial charge is 0.444 e. The molecule has 156 valence electrons. The number of aliphatic imine (C=N–C) groups is 1. The van der Waals surface area contributed by atoms with Crippen molar-refractivity contribution in [1.29, 1.82) is 0 Å². The highest BCUT2D eigenvalue weighted by molar-refractivity contribution is 14.0. The average molecular weight is 525 g/mol. The Hall–Kier alpha value is -1.94. The summed E-state index contributed by atoms with van der Waals surface area (Å²) in [5, 5.41) is 9.74. The number of aromatic nitrogens is 2. The average Bonchev–Trinajstić information content (AvgIpc) is 3.29. The molecule has 0 aliphatic heterocycles. The second-order valence-corrected chi connectivity index (χ2v) is 7.46. The van der Waals surface area contributed by atoms with Gasteiger partial charge in [0.2, 0.25) is 5.89 Å². The van der Waals surface area contributed by atoms with E-state index >= 15 is 0 Å². The van der Waals surface area contributed by atoms with Gasteiger partial charge in [-0.3, -0.25) is 0 Å². The third-order valence-corrected chi connectivity index (χ3v) is 5.25. The maximum atomic E-state index is 5.61. The van der Waals surface area contributed by atoms with Gasteiger partial charge >= 0.3 is 0 Å². The Kier molecular flexibility index (Phi) is 9.59. The number of aryl methyl sites for hydroxylation is 4. The van der Waals surface area contributed by atoms with Gasteiger partial charge in [0.1, 0.15) is 5.76 Å². The molecule has 0 amide bonds. The van der Waals surface area contributed by atoms with Gasteiger partial charge < -0.3 is 15.1 Å². The highest BCUT2D eigenvalue weighted by Gasteiger charge is 2.07. The van der Waals surface area contributed by atoms with E-state index in [2.05, 4.69) is 50.3 Å². The number of benzene rings is 1. The molecule has 0 saturated heterocycles. The smallest absolute Gasteiger partial charge is 0.214 e. The maximum absolute atomic E-state index is 5.61. The van der Waals surface area contributed by atoms with Crippen molar-refractivity contribution in [3.8, 4) is 0 Å². The van der Waals surface area contributed by atoms with Crippen LogP contribution in [0.3, 0.4) is 0 Å². The van der Waals surface area contributed by atoms with Crippen LogP contribution >= 0.6 is 35.3 Å². The number of thiazole rings is 1. The minimum absolute atomic E-state index is 0. The van der Waals surface area contributed by atoms with Crippen molar-refractivity contribution in [3.63, 3.8) is 0 Å². The zero-order valence-electron chi connectivity index (χ0n) is 17.1. The first-order valence-electron chi connectivity index (χ1n) is 9.56. The van der Waals surface area contributed by atoms with Crippen molar-refractivity contribution in [3.05, 3.63) is 69.3 Å². The van der Waals surface area contributed by atoms with E-state index in [9.17, 15) is 0 Å². The Morgan fingerprint density at radius 3 is 2.59 bits per heavy atom. The first kappa shape index (κ1) is 23.3. The predicted molar refractivity (Wildman–Crippen MR) is 129 cm³/mol. The van der Waals surface area contributed by atoms with Crippen LogP contribution in [0.4, 0.5) is 0 Å². The third-order valence-electron chi connectivity index (χ3n) is 4.29. The van der Waals surface area contributed by atoms with Gasteiger partial charge in [-0.05, 0) is 32.8 Å². The van der Waals surface area contributed by atoms with Crippen LogP contribution in [0.2, 0.25) is 0 Å². The van der Waals surface area contributed by atoms with Crippen molar-refractivity contribution in [2.45, 2.75) is 46.7 Å². The molecule has 0 saturated carbocycles. The Morgan fingerprint density at radius 2 is 1.90 bits per heavy atom. The number of oxazole rings is 1. The summed E-state index contributed by atoms with van der Waals surface area (Å²) in [6, 6.07) is 10.5. The van der Waals surface area contributed by atoms with Gasteiger partial charge in [-0.15, -0.1) is 35.3 Å². The summed E-state index contributed by atoms with van der Waals surface area (Å²) in [4.78, 5) is 13.7. The van der Waals surface area contributed by atoms with E-state index in [0.717, 1.165) is 47.5 Å². The molecule has 0 atom stereocenters. The van der Waals surface area contributed by atoms with Gasteiger partial charge in [-0.2, -0.15) is 0 Å². The van der Waals surface area contributed by atoms with E-state index in [0.29, 0.717) is 19.0 Å². The first-order chi connectivity index (χ1) is 13.6. The summed E-state index contributed by atoms with van der Waals surface area (Å²) in [6.07, 6.45) is 1.97. The van der Waals surface area contributed by atoms with Crippen LogP contribution in [0.1, 0.15) is 40.5 Å². The topological polar surface area (TPSA) is 75.3 Å². The molecule has 6 nitrogen and oxygen atoms in total. The summed E-state index contributed by atoms with van der Waals surface area (Å²) in [5.74, 6) is 2.25. The first-order valence-corrected chi connectivity index (χ1v) is 10.4. The van der Waals surface area contributed by atoms with E-state index in [-0.39, 0.29) is 24.0 Å². The van der Waals surface area contributed by atoms with Crippen LogP contribution in [0.15, 0.2) is 45.1 Å². The molecule has 0 bridgehead atoms. The number of rotatable bonds is 8. The zero-order chi connectivity index (χ0) is 19.8. The molecule has 1 aromatic carbocycles. The molecule has 2 N–H and O–H groups in total. The molecule has 0 radical (unpaired) electrons. The Balaban J connectivity index is 0.00000300. The Morgan fingerprint density at radius 1 is 1.10 bits per heavy atom. The lowest BCUT2D eigenvalue weighted by atomic mass is 10.1. The van der Waals surface area contributed by atoms with E-state index in [1.54, 1.807) is 11.3 Å². The molecule has 0 spiro atoms. The highest BCUT2D eigenvalue weighted by atomic mass is 127. The molecular formula is C21H28IN5OS. The van der Waals surface area contributed by atoms with E-state index < -0.39 is 0 Å². The van der Waals surface area contributed by atoms with Crippen LogP contribution in [-0.4, -0.2) is 22.5 Å². The summed E-state index contributed by atoms with van der Waals surface area (Å²) in [5.41, 5.74) is 3.25. The zero-order valence-corrected chi connectivity index (χ0v) is 20.2. The number of guanidine groups is 1. The number of hydrogen-bond acceptors (Lipinski definition) is 5. The predicted octanol–water partition coefficient (Wildman–Crippen LogP) is 4.41. The molecule has 29 heavy (non-hydrogen) atoms. The lowest BCUT2D eigenvalue weighted by Crippen LogP contribution is -2.36. The van der Waals surface area contributed by atoms with Crippen molar-refractivity contribution in [1.82, 2.24) is 20.6 Å².